The van der Waals surface area contributed by atoms with Gasteiger partial charge in [0, 0.05) is 36.1 Å². The monoisotopic (exact) mass is 317 g/mol. The second-order valence-corrected chi connectivity index (χ2v) is 6.33. The quantitative estimate of drug-likeness (QED) is 0.926. The van der Waals surface area contributed by atoms with Gasteiger partial charge < -0.3 is 9.84 Å². The van der Waals surface area contributed by atoms with Crippen LogP contribution in [0.3, 0.4) is 0 Å². The van der Waals surface area contributed by atoms with Crippen LogP contribution in [0.25, 0.3) is 0 Å². The number of likely N-dealkylation sites (tertiary alicyclic amines) is 1. The molecule has 3 nitrogen and oxygen atoms in total. The Hall–Kier alpha value is -0.910. The molecular weight excluding hydrogens is 300 g/mol. The van der Waals surface area contributed by atoms with Gasteiger partial charge in [0.25, 0.3) is 0 Å². The van der Waals surface area contributed by atoms with Gasteiger partial charge in [0.15, 0.2) is 0 Å². The van der Waals surface area contributed by atoms with Gasteiger partial charge in [-0.2, -0.15) is 8.78 Å². The summed E-state index contributed by atoms with van der Waals surface area (Å²) in [5.74, 6) is 0.995. The number of nitrogens with zero attached hydrogens (tertiary/aromatic N) is 1. The molecule has 1 aliphatic carbocycles. The van der Waals surface area contributed by atoms with E-state index in [2.05, 4.69) is 9.64 Å². The van der Waals surface area contributed by atoms with Crippen LogP contribution in [0, 0.1) is 11.8 Å². The minimum atomic E-state index is -2.84. The lowest BCUT2D eigenvalue weighted by Crippen LogP contribution is -2.24. The molecule has 0 bridgehead atoms. The average Bonchev–Trinajstić information content (AvgIpc) is 2.95. The molecule has 1 aromatic rings. The lowest BCUT2D eigenvalue weighted by Gasteiger charge is -2.20. The third kappa shape index (κ3) is 3.30. The van der Waals surface area contributed by atoms with E-state index in [0.717, 1.165) is 25.9 Å². The fraction of sp³-hybridized carbons (Fsp3) is 0.600. The predicted octanol–water partition coefficient (Wildman–Crippen LogP) is 3.14. The molecule has 3 atom stereocenters. The van der Waals surface area contributed by atoms with Gasteiger partial charge in [-0.25, -0.2) is 0 Å². The number of aliphatic hydroxyl groups is 1. The lowest BCUT2D eigenvalue weighted by atomic mass is 10.00. The van der Waals surface area contributed by atoms with Gasteiger partial charge in [-0.3, -0.25) is 4.90 Å². The summed E-state index contributed by atoms with van der Waals surface area (Å²) in [4.78, 5) is 2.18. The number of fused-ring (bicyclic) bond motifs is 1. The summed E-state index contributed by atoms with van der Waals surface area (Å²) in [6, 6.07) is 4.70. The van der Waals surface area contributed by atoms with Crippen molar-refractivity contribution in [1.82, 2.24) is 4.90 Å². The number of benzene rings is 1. The fourth-order valence-corrected chi connectivity index (χ4v) is 3.78. The lowest BCUT2D eigenvalue weighted by molar-refractivity contribution is -0.0507. The zero-order valence-electron chi connectivity index (χ0n) is 11.5. The van der Waals surface area contributed by atoms with E-state index in [1.165, 1.54) is 6.07 Å². The summed E-state index contributed by atoms with van der Waals surface area (Å²) in [6.45, 7) is -0.637. The van der Waals surface area contributed by atoms with E-state index in [1.54, 1.807) is 12.1 Å². The largest absolute Gasteiger partial charge is 0.434 e. The number of ether oxygens (including phenoxy) is 1. The molecule has 0 radical (unpaired) electrons. The smallest absolute Gasteiger partial charge is 0.387 e. The molecule has 2 fully saturated rings. The van der Waals surface area contributed by atoms with E-state index < -0.39 is 6.61 Å². The van der Waals surface area contributed by atoms with Crippen LogP contribution in [0.15, 0.2) is 18.2 Å². The highest BCUT2D eigenvalue weighted by Crippen LogP contribution is 2.39. The van der Waals surface area contributed by atoms with E-state index in [4.69, 9.17) is 11.6 Å². The van der Waals surface area contributed by atoms with Gasteiger partial charge in [0.1, 0.15) is 5.75 Å². The SMILES string of the molecule is OC1CCC2CN(Cc3cc(Cl)ccc3OC(F)F)CC12. The van der Waals surface area contributed by atoms with E-state index in [1.807, 2.05) is 0 Å². The topological polar surface area (TPSA) is 32.7 Å². The summed E-state index contributed by atoms with van der Waals surface area (Å²) < 4.78 is 29.5. The van der Waals surface area contributed by atoms with Crippen molar-refractivity contribution in [2.75, 3.05) is 13.1 Å². The first-order valence-electron chi connectivity index (χ1n) is 7.16. The van der Waals surface area contributed by atoms with Crippen molar-refractivity contribution in [3.8, 4) is 5.75 Å². The van der Waals surface area contributed by atoms with E-state index >= 15 is 0 Å². The molecule has 116 valence electrons. The van der Waals surface area contributed by atoms with Crippen LogP contribution in [0.5, 0.6) is 5.75 Å². The standard InChI is InChI=1S/C15H18ClF2NO2/c16-11-2-4-14(21-15(17)18)10(5-11)7-19-6-9-1-3-13(20)12(9)8-19/h2,4-5,9,12-13,15,20H,1,3,6-8H2. The molecule has 1 saturated carbocycles. The molecule has 2 aliphatic rings. The molecule has 0 aromatic heterocycles. The van der Waals surface area contributed by atoms with Gasteiger partial charge in [-0.05, 0) is 37.0 Å². The maximum absolute atomic E-state index is 12.5. The zero-order valence-corrected chi connectivity index (χ0v) is 12.3. The third-order valence-corrected chi connectivity index (χ3v) is 4.76. The molecule has 1 N–H and O–H groups in total. The van der Waals surface area contributed by atoms with E-state index in [-0.39, 0.29) is 11.9 Å². The van der Waals surface area contributed by atoms with Crippen molar-refractivity contribution in [3.63, 3.8) is 0 Å². The van der Waals surface area contributed by atoms with Crippen molar-refractivity contribution in [2.24, 2.45) is 11.8 Å². The molecule has 3 rings (SSSR count). The van der Waals surface area contributed by atoms with Crippen LogP contribution in [-0.4, -0.2) is 35.8 Å². The summed E-state index contributed by atoms with van der Waals surface area (Å²) >= 11 is 5.96. The highest BCUT2D eigenvalue weighted by atomic mass is 35.5. The number of rotatable bonds is 4. The Morgan fingerprint density at radius 3 is 2.86 bits per heavy atom. The first-order valence-corrected chi connectivity index (χ1v) is 7.54. The number of hydrogen-bond donors (Lipinski definition) is 1. The molecule has 1 aromatic carbocycles. The van der Waals surface area contributed by atoms with Crippen LogP contribution in [0.4, 0.5) is 8.78 Å². The minimum absolute atomic E-state index is 0.173. The predicted molar refractivity (Wildman–Crippen MR) is 75.6 cm³/mol. The number of aliphatic hydroxyl groups excluding tert-OH is 1. The van der Waals surface area contributed by atoms with Crippen molar-refractivity contribution in [3.05, 3.63) is 28.8 Å². The van der Waals surface area contributed by atoms with Crippen molar-refractivity contribution < 1.29 is 18.6 Å². The molecule has 0 spiro atoms. The van der Waals surface area contributed by atoms with Gasteiger partial charge in [0.05, 0.1) is 6.10 Å². The van der Waals surface area contributed by atoms with Crippen LogP contribution < -0.4 is 4.74 Å². The Balaban J connectivity index is 1.71. The third-order valence-electron chi connectivity index (χ3n) is 4.53. The Morgan fingerprint density at radius 2 is 2.14 bits per heavy atom. The first kappa shape index (κ1) is 15.0. The second-order valence-electron chi connectivity index (χ2n) is 5.89. The summed E-state index contributed by atoms with van der Waals surface area (Å²) in [5.41, 5.74) is 0.664. The normalized spacial score (nSPS) is 29.1. The Morgan fingerprint density at radius 1 is 1.33 bits per heavy atom. The van der Waals surface area contributed by atoms with Gasteiger partial charge in [0.2, 0.25) is 0 Å². The highest BCUT2D eigenvalue weighted by molar-refractivity contribution is 6.30. The van der Waals surface area contributed by atoms with Crippen molar-refractivity contribution in [2.45, 2.75) is 32.1 Å². The van der Waals surface area contributed by atoms with Crippen LogP contribution in [-0.2, 0) is 6.54 Å². The van der Waals surface area contributed by atoms with Crippen LogP contribution in [0.2, 0.25) is 5.02 Å². The fourth-order valence-electron chi connectivity index (χ4n) is 3.58. The molecule has 6 heteroatoms. The Kier molecular flexibility index (Phi) is 4.33. The van der Waals surface area contributed by atoms with E-state index in [0.29, 0.717) is 29.0 Å². The zero-order chi connectivity index (χ0) is 15.0. The minimum Gasteiger partial charge on any atom is -0.434 e. The highest BCUT2D eigenvalue weighted by Gasteiger charge is 2.41. The number of halogens is 3. The number of hydrogen-bond acceptors (Lipinski definition) is 3. The van der Waals surface area contributed by atoms with Crippen molar-refractivity contribution in [1.29, 1.82) is 0 Å². The maximum atomic E-state index is 12.5. The van der Waals surface area contributed by atoms with Crippen LogP contribution >= 0.6 is 11.6 Å². The molecule has 0 amide bonds. The van der Waals surface area contributed by atoms with Crippen LogP contribution in [0.1, 0.15) is 18.4 Å². The van der Waals surface area contributed by atoms with E-state index in [9.17, 15) is 13.9 Å². The molecule has 1 aliphatic heterocycles. The summed E-state index contributed by atoms with van der Waals surface area (Å²) in [7, 11) is 0. The summed E-state index contributed by atoms with van der Waals surface area (Å²) in [5, 5.41) is 10.4. The molecule has 3 unspecified atom stereocenters. The van der Waals surface area contributed by atoms with Gasteiger partial charge >= 0.3 is 6.61 Å². The number of alkyl halides is 2. The Labute approximate surface area is 127 Å². The molecule has 1 heterocycles. The molecule has 1 saturated heterocycles. The molecular formula is C15H18ClF2NO2. The van der Waals surface area contributed by atoms with Gasteiger partial charge in [-0.1, -0.05) is 11.6 Å². The summed E-state index contributed by atoms with van der Waals surface area (Å²) in [6.07, 6.45) is 1.69. The van der Waals surface area contributed by atoms with Crippen molar-refractivity contribution >= 4 is 11.6 Å². The molecule has 21 heavy (non-hydrogen) atoms. The maximum Gasteiger partial charge on any atom is 0.387 e. The van der Waals surface area contributed by atoms with Gasteiger partial charge in [-0.15, -0.1) is 0 Å². The average molecular weight is 318 g/mol. The second kappa shape index (κ2) is 6.07. The first-order chi connectivity index (χ1) is 10.0. The Bertz CT molecular complexity index is 514.